The van der Waals surface area contributed by atoms with Gasteiger partial charge < -0.3 is 5.11 Å². The molecule has 17 heavy (non-hydrogen) atoms. The lowest BCUT2D eigenvalue weighted by Crippen LogP contribution is -1.86. The van der Waals surface area contributed by atoms with Crippen LogP contribution < -0.4 is 0 Å². The van der Waals surface area contributed by atoms with Crippen LogP contribution in [0.15, 0.2) is 34.8 Å². The van der Waals surface area contributed by atoms with Crippen LogP contribution in [0, 0.1) is 13.8 Å². The first-order valence-electron chi connectivity index (χ1n) is 5.24. The fourth-order valence-electron chi connectivity index (χ4n) is 1.77. The Morgan fingerprint density at radius 1 is 1.12 bits per heavy atom. The van der Waals surface area contributed by atoms with Crippen molar-refractivity contribution < 1.29 is 5.11 Å². The molecule has 0 bridgehead atoms. The van der Waals surface area contributed by atoms with E-state index < -0.39 is 0 Å². The molecule has 1 N–H and O–H groups in total. The number of benzene rings is 2. The standard InChI is InChI=1S/C14H12BrClO/c1-8-3-4-9(2)11(5-8)10-6-12(15)14(17)13(16)7-10/h3-7,17H,1-2H3. The van der Waals surface area contributed by atoms with E-state index in [1.54, 1.807) is 6.07 Å². The van der Waals surface area contributed by atoms with Crippen molar-refractivity contribution in [2.75, 3.05) is 0 Å². The van der Waals surface area contributed by atoms with Crippen molar-refractivity contribution in [3.05, 3.63) is 51.0 Å². The highest BCUT2D eigenvalue weighted by Crippen LogP contribution is 2.37. The van der Waals surface area contributed by atoms with Gasteiger partial charge in [-0.2, -0.15) is 0 Å². The largest absolute Gasteiger partial charge is 0.505 e. The van der Waals surface area contributed by atoms with E-state index in [1.165, 1.54) is 11.1 Å². The van der Waals surface area contributed by atoms with Crippen molar-refractivity contribution in [3.8, 4) is 16.9 Å². The van der Waals surface area contributed by atoms with Crippen LogP contribution in [0.25, 0.3) is 11.1 Å². The third-order valence-electron chi connectivity index (χ3n) is 2.72. The normalized spacial score (nSPS) is 10.6. The summed E-state index contributed by atoms with van der Waals surface area (Å²) in [7, 11) is 0. The van der Waals surface area contributed by atoms with Gasteiger partial charge in [-0.15, -0.1) is 0 Å². The Morgan fingerprint density at radius 3 is 2.47 bits per heavy atom. The Morgan fingerprint density at radius 2 is 1.82 bits per heavy atom. The molecule has 0 amide bonds. The Balaban J connectivity index is 2.64. The molecule has 0 aliphatic rings. The fourth-order valence-corrected chi connectivity index (χ4v) is 2.56. The molecule has 1 nitrogen and oxygen atoms in total. The predicted molar refractivity (Wildman–Crippen MR) is 75.7 cm³/mol. The number of rotatable bonds is 1. The zero-order chi connectivity index (χ0) is 12.6. The van der Waals surface area contributed by atoms with Gasteiger partial charge in [-0.25, -0.2) is 0 Å². The highest BCUT2D eigenvalue weighted by atomic mass is 79.9. The molecule has 0 fully saturated rings. The topological polar surface area (TPSA) is 20.2 Å². The third-order valence-corrected chi connectivity index (χ3v) is 3.61. The van der Waals surface area contributed by atoms with Gasteiger partial charge in [0.1, 0.15) is 5.75 Å². The van der Waals surface area contributed by atoms with E-state index >= 15 is 0 Å². The van der Waals surface area contributed by atoms with E-state index in [1.807, 2.05) is 6.07 Å². The minimum Gasteiger partial charge on any atom is -0.505 e. The van der Waals surface area contributed by atoms with Gasteiger partial charge in [0.05, 0.1) is 9.50 Å². The molecule has 3 heteroatoms. The molecule has 0 saturated carbocycles. The molecule has 88 valence electrons. The van der Waals surface area contributed by atoms with E-state index in [4.69, 9.17) is 11.6 Å². The molecule has 0 unspecified atom stereocenters. The Kier molecular flexibility index (Phi) is 3.45. The van der Waals surface area contributed by atoms with Crippen LogP contribution in [0.3, 0.4) is 0 Å². The van der Waals surface area contributed by atoms with Gasteiger partial charge in [0, 0.05) is 0 Å². The summed E-state index contributed by atoms with van der Waals surface area (Å²) in [5.74, 6) is 0.0840. The summed E-state index contributed by atoms with van der Waals surface area (Å²) in [6.45, 7) is 4.11. The average Bonchev–Trinajstić information content (AvgIpc) is 2.28. The van der Waals surface area contributed by atoms with Crippen LogP contribution in [-0.2, 0) is 0 Å². The van der Waals surface area contributed by atoms with Gasteiger partial charge in [-0.3, -0.25) is 0 Å². The van der Waals surface area contributed by atoms with Crippen molar-refractivity contribution in [3.63, 3.8) is 0 Å². The highest BCUT2D eigenvalue weighted by molar-refractivity contribution is 9.10. The molecule has 2 aromatic carbocycles. The van der Waals surface area contributed by atoms with Gasteiger partial charge in [-0.05, 0) is 58.6 Å². The van der Waals surface area contributed by atoms with Crippen molar-refractivity contribution in [1.29, 1.82) is 0 Å². The molecular formula is C14H12BrClO. The molecule has 0 radical (unpaired) electrons. The number of hydrogen-bond acceptors (Lipinski definition) is 1. The van der Waals surface area contributed by atoms with Gasteiger partial charge in [0.2, 0.25) is 0 Å². The molecule has 2 rings (SSSR count). The maximum absolute atomic E-state index is 9.62. The monoisotopic (exact) mass is 310 g/mol. The maximum atomic E-state index is 9.62. The number of phenolic OH excluding ortho intramolecular Hbond substituents is 1. The number of halogens is 2. The minimum absolute atomic E-state index is 0.0840. The first-order valence-corrected chi connectivity index (χ1v) is 6.42. The molecule has 0 saturated heterocycles. The van der Waals surface area contributed by atoms with E-state index in [0.717, 1.165) is 11.1 Å². The predicted octanol–water partition coefficient (Wildman–Crippen LogP) is 5.09. The maximum Gasteiger partial charge on any atom is 0.148 e. The molecule has 0 aliphatic heterocycles. The van der Waals surface area contributed by atoms with Gasteiger partial charge in [0.25, 0.3) is 0 Å². The lowest BCUT2D eigenvalue weighted by Gasteiger charge is -2.10. The summed E-state index contributed by atoms with van der Waals surface area (Å²) in [4.78, 5) is 0. The highest BCUT2D eigenvalue weighted by Gasteiger charge is 2.09. The molecule has 0 spiro atoms. The van der Waals surface area contributed by atoms with Crippen LogP contribution in [0.5, 0.6) is 5.75 Å². The van der Waals surface area contributed by atoms with Crippen LogP contribution >= 0.6 is 27.5 Å². The Hall–Kier alpha value is -0.990. The van der Waals surface area contributed by atoms with E-state index in [-0.39, 0.29) is 5.75 Å². The number of hydrogen-bond donors (Lipinski definition) is 1. The summed E-state index contributed by atoms with van der Waals surface area (Å²) >= 11 is 9.28. The van der Waals surface area contributed by atoms with Crippen molar-refractivity contribution in [2.24, 2.45) is 0 Å². The second-order valence-corrected chi connectivity index (χ2v) is 5.37. The molecule has 2 aromatic rings. The Labute approximate surface area is 114 Å². The van der Waals surface area contributed by atoms with Crippen molar-refractivity contribution in [1.82, 2.24) is 0 Å². The third kappa shape index (κ3) is 2.48. The molecule has 0 heterocycles. The lowest BCUT2D eigenvalue weighted by molar-refractivity contribution is 0.472. The average molecular weight is 312 g/mol. The summed E-state index contributed by atoms with van der Waals surface area (Å²) in [6, 6.07) is 9.94. The van der Waals surface area contributed by atoms with E-state index in [2.05, 4.69) is 48.0 Å². The SMILES string of the molecule is Cc1ccc(C)c(-c2cc(Cl)c(O)c(Br)c2)c1. The molecular weight excluding hydrogens is 300 g/mol. The summed E-state index contributed by atoms with van der Waals surface area (Å²) < 4.78 is 0.612. The smallest absolute Gasteiger partial charge is 0.148 e. The minimum atomic E-state index is 0.0840. The zero-order valence-corrected chi connectivity index (χ0v) is 11.9. The quantitative estimate of drug-likeness (QED) is 0.777. The van der Waals surface area contributed by atoms with Crippen molar-refractivity contribution >= 4 is 27.5 Å². The molecule has 0 aliphatic carbocycles. The molecule has 0 aromatic heterocycles. The first kappa shape index (κ1) is 12.5. The number of aromatic hydroxyl groups is 1. The second-order valence-electron chi connectivity index (χ2n) is 4.11. The Bertz CT molecular complexity index is 555. The summed E-state index contributed by atoms with van der Waals surface area (Å²) in [5, 5.41) is 9.98. The van der Waals surface area contributed by atoms with Crippen LogP contribution in [0.1, 0.15) is 11.1 Å². The first-order chi connectivity index (χ1) is 7.99. The number of phenols is 1. The van der Waals surface area contributed by atoms with Crippen molar-refractivity contribution in [2.45, 2.75) is 13.8 Å². The van der Waals surface area contributed by atoms with Gasteiger partial charge in [0.15, 0.2) is 0 Å². The summed E-state index contributed by atoms with van der Waals surface area (Å²) in [5.41, 5.74) is 4.52. The van der Waals surface area contributed by atoms with Gasteiger partial charge >= 0.3 is 0 Å². The van der Waals surface area contributed by atoms with E-state index in [0.29, 0.717) is 9.50 Å². The lowest BCUT2D eigenvalue weighted by atomic mass is 9.98. The fraction of sp³-hybridized carbons (Fsp3) is 0.143. The van der Waals surface area contributed by atoms with Gasteiger partial charge in [-0.1, -0.05) is 35.4 Å². The van der Waals surface area contributed by atoms with Crippen LogP contribution in [0.4, 0.5) is 0 Å². The van der Waals surface area contributed by atoms with Crippen LogP contribution in [-0.4, -0.2) is 5.11 Å². The second kappa shape index (κ2) is 4.71. The van der Waals surface area contributed by atoms with Crippen LogP contribution in [0.2, 0.25) is 5.02 Å². The number of aryl methyl sites for hydroxylation is 2. The van der Waals surface area contributed by atoms with E-state index in [9.17, 15) is 5.11 Å². The summed E-state index contributed by atoms with van der Waals surface area (Å²) in [6.07, 6.45) is 0. The zero-order valence-electron chi connectivity index (χ0n) is 9.59. The molecule has 0 atom stereocenters.